The minimum Gasteiger partial charge on any atom is -0.274 e. The molecule has 0 bridgehead atoms. The Hall–Kier alpha value is -0.570. The smallest absolute Gasteiger partial charge is 0.234 e. The molecule has 0 radical (unpaired) electrons. The van der Waals surface area contributed by atoms with E-state index in [2.05, 4.69) is 5.43 Å². The van der Waals surface area contributed by atoms with Gasteiger partial charge in [-0.3, -0.25) is 9.80 Å². The average molecular weight is 86.1 g/mol. The third kappa shape index (κ3) is 0.490. The third-order valence-electron chi connectivity index (χ3n) is 0.696. The lowest BCUT2D eigenvalue weighted by molar-refractivity contribution is -0.124. The van der Waals surface area contributed by atoms with E-state index in [-0.39, 0.29) is 5.91 Å². The minimum atomic E-state index is 0.0926. The summed E-state index contributed by atoms with van der Waals surface area (Å²) in [5, 5.41) is 1.53. The zero-order chi connectivity index (χ0) is 4.57. The molecular weight excluding hydrogens is 80.0 g/mol. The summed E-state index contributed by atoms with van der Waals surface area (Å²) in [5.74, 6) is 0.0926. The van der Waals surface area contributed by atoms with E-state index in [9.17, 15) is 4.79 Å². The van der Waals surface area contributed by atoms with E-state index in [1.165, 1.54) is 11.9 Å². The molecule has 1 N–H and O–H groups in total. The van der Waals surface area contributed by atoms with Crippen molar-refractivity contribution < 1.29 is 4.79 Å². The summed E-state index contributed by atoms with van der Waals surface area (Å²) >= 11 is 0. The number of carbonyl (C=O) groups is 1. The highest BCUT2D eigenvalue weighted by atomic mass is 16.2. The number of hydrogen-bond donors (Lipinski definition) is 1. The van der Waals surface area contributed by atoms with Gasteiger partial charge in [-0.25, -0.2) is 5.43 Å². The second-order valence-corrected chi connectivity index (χ2v) is 1.26. The lowest BCUT2D eigenvalue weighted by Gasteiger charge is -1.83. The molecule has 0 aromatic rings. The van der Waals surface area contributed by atoms with Gasteiger partial charge in [0, 0.05) is 6.92 Å². The van der Waals surface area contributed by atoms with Crippen LogP contribution in [0.5, 0.6) is 0 Å². The van der Waals surface area contributed by atoms with Gasteiger partial charge in [-0.2, -0.15) is 0 Å². The van der Waals surface area contributed by atoms with Gasteiger partial charge in [0.25, 0.3) is 0 Å². The Bertz CT molecular complexity index is 76.9. The lowest BCUT2D eigenvalue weighted by Crippen LogP contribution is -2.06. The van der Waals surface area contributed by atoms with Crippen molar-refractivity contribution in [3.05, 3.63) is 0 Å². The van der Waals surface area contributed by atoms with Crippen LogP contribution in [0.3, 0.4) is 0 Å². The van der Waals surface area contributed by atoms with Crippen molar-refractivity contribution in [3.63, 3.8) is 0 Å². The van der Waals surface area contributed by atoms with Crippen LogP contribution in [0, 0.1) is 0 Å². The molecule has 1 aliphatic rings. The van der Waals surface area contributed by atoms with Gasteiger partial charge in [-0.05, 0) is 0 Å². The lowest BCUT2D eigenvalue weighted by atomic mass is 10.7. The molecule has 0 aromatic carbocycles. The van der Waals surface area contributed by atoms with Gasteiger partial charge in [-0.15, -0.1) is 0 Å². The number of hydrogen-bond acceptors (Lipinski definition) is 2. The molecule has 1 saturated heterocycles. The van der Waals surface area contributed by atoms with Crippen LogP contribution in [0.4, 0.5) is 0 Å². The summed E-state index contributed by atoms with van der Waals surface area (Å²) in [6.45, 7) is 2.26. The quantitative estimate of drug-likeness (QED) is 0.396. The molecule has 1 amide bonds. The van der Waals surface area contributed by atoms with Gasteiger partial charge >= 0.3 is 0 Å². The van der Waals surface area contributed by atoms with Crippen LogP contribution in [0.1, 0.15) is 6.92 Å². The molecule has 1 aliphatic heterocycles. The molecule has 6 heavy (non-hydrogen) atoms. The molecule has 1 fully saturated rings. The number of hydrazine groups is 1. The summed E-state index contributed by atoms with van der Waals surface area (Å²) in [7, 11) is 0. The number of carbonyl (C=O) groups excluding carboxylic acids is 1. The van der Waals surface area contributed by atoms with Gasteiger partial charge in [0.15, 0.2) is 0 Å². The van der Waals surface area contributed by atoms with Gasteiger partial charge in [0.1, 0.15) is 6.67 Å². The van der Waals surface area contributed by atoms with E-state index < -0.39 is 0 Å². The highest BCUT2D eigenvalue weighted by molar-refractivity contribution is 5.74. The molecular formula is C3H6N2O. The maximum atomic E-state index is 10.1. The van der Waals surface area contributed by atoms with E-state index in [1.807, 2.05) is 0 Å². The molecule has 0 unspecified atom stereocenters. The van der Waals surface area contributed by atoms with Gasteiger partial charge < -0.3 is 0 Å². The minimum absolute atomic E-state index is 0.0926. The van der Waals surface area contributed by atoms with Crippen LogP contribution in [0.2, 0.25) is 0 Å². The van der Waals surface area contributed by atoms with Crippen molar-refractivity contribution in [1.29, 1.82) is 0 Å². The number of nitrogens with one attached hydrogen (secondary N) is 1. The highest BCUT2D eigenvalue weighted by Crippen LogP contribution is 1.91. The van der Waals surface area contributed by atoms with Crippen LogP contribution in [0.25, 0.3) is 0 Å². The van der Waals surface area contributed by atoms with Gasteiger partial charge in [0.2, 0.25) is 5.91 Å². The van der Waals surface area contributed by atoms with Crippen LogP contribution in [0.15, 0.2) is 0 Å². The largest absolute Gasteiger partial charge is 0.274 e. The molecule has 0 saturated carbocycles. The summed E-state index contributed by atoms with van der Waals surface area (Å²) in [5.41, 5.74) is 2.72. The second kappa shape index (κ2) is 0.944. The zero-order valence-corrected chi connectivity index (χ0v) is 3.56. The molecule has 0 aliphatic carbocycles. The van der Waals surface area contributed by atoms with Crippen molar-refractivity contribution in [3.8, 4) is 0 Å². The Kier molecular flexibility index (Phi) is 0.569. The number of amides is 1. The van der Waals surface area contributed by atoms with Gasteiger partial charge in [0.05, 0.1) is 0 Å². The maximum absolute atomic E-state index is 10.1. The molecule has 0 atom stereocenters. The fourth-order valence-corrected chi connectivity index (χ4v) is 0.258. The van der Waals surface area contributed by atoms with E-state index in [4.69, 9.17) is 0 Å². The van der Waals surface area contributed by atoms with Crippen molar-refractivity contribution in [1.82, 2.24) is 10.4 Å². The van der Waals surface area contributed by atoms with Crippen molar-refractivity contribution >= 4 is 5.91 Å². The first-order valence-electron chi connectivity index (χ1n) is 1.82. The molecule has 1 heterocycles. The summed E-state index contributed by atoms with van der Waals surface area (Å²) < 4.78 is 0. The predicted molar refractivity (Wildman–Crippen MR) is 20.5 cm³/mol. The Balaban J connectivity index is 2.31. The SMILES string of the molecule is CC(=O)N1CN1. The molecule has 0 aromatic heterocycles. The zero-order valence-electron chi connectivity index (χ0n) is 3.56. The predicted octanol–water partition coefficient (Wildman–Crippen LogP) is -0.689. The van der Waals surface area contributed by atoms with Crippen molar-refractivity contribution in [2.24, 2.45) is 0 Å². The Morgan fingerprint density at radius 2 is 2.50 bits per heavy atom. The number of nitrogens with zero attached hydrogens (tertiary/aromatic N) is 1. The van der Waals surface area contributed by atoms with Crippen LogP contribution < -0.4 is 5.43 Å². The van der Waals surface area contributed by atoms with Gasteiger partial charge in [-0.1, -0.05) is 0 Å². The highest BCUT2D eigenvalue weighted by Gasteiger charge is 2.17. The molecule has 34 valence electrons. The Labute approximate surface area is 35.9 Å². The van der Waals surface area contributed by atoms with E-state index in [1.54, 1.807) is 0 Å². The normalized spacial score (nSPS) is 17.8. The summed E-state index contributed by atoms with van der Waals surface area (Å²) in [4.78, 5) is 10.1. The number of rotatable bonds is 0. The first-order chi connectivity index (χ1) is 2.80. The molecule has 1 rings (SSSR count). The first kappa shape index (κ1) is 3.61. The monoisotopic (exact) mass is 86.0 g/mol. The van der Waals surface area contributed by atoms with Crippen LogP contribution in [-0.2, 0) is 4.79 Å². The standard InChI is InChI=1S/C3H6N2O/c1-3(6)5-2-4-5/h4H,2H2,1H3. The third-order valence-corrected chi connectivity index (χ3v) is 0.696. The van der Waals surface area contributed by atoms with E-state index in [0.717, 1.165) is 6.67 Å². The average Bonchev–Trinajstić information content (AvgIpc) is 2.06. The maximum Gasteiger partial charge on any atom is 0.234 e. The first-order valence-corrected chi connectivity index (χ1v) is 1.82. The molecule has 3 heteroatoms. The second-order valence-electron chi connectivity index (χ2n) is 1.26. The fourth-order valence-electron chi connectivity index (χ4n) is 0.258. The Morgan fingerprint density at radius 3 is 2.50 bits per heavy atom. The topological polar surface area (TPSA) is 42.0 Å². The summed E-state index contributed by atoms with van der Waals surface area (Å²) in [6.07, 6.45) is 0. The van der Waals surface area contributed by atoms with E-state index >= 15 is 0 Å². The fraction of sp³-hybridized carbons (Fsp3) is 0.667. The summed E-state index contributed by atoms with van der Waals surface area (Å²) in [6, 6.07) is 0. The van der Waals surface area contributed by atoms with Crippen molar-refractivity contribution in [2.75, 3.05) is 6.67 Å². The molecule has 3 nitrogen and oxygen atoms in total. The van der Waals surface area contributed by atoms with Crippen molar-refractivity contribution in [2.45, 2.75) is 6.92 Å². The van der Waals surface area contributed by atoms with E-state index in [0.29, 0.717) is 0 Å². The molecule has 0 spiro atoms. The Morgan fingerprint density at radius 1 is 2.00 bits per heavy atom. The van der Waals surface area contributed by atoms with Crippen LogP contribution in [-0.4, -0.2) is 17.6 Å². The van der Waals surface area contributed by atoms with Crippen LogP contribution >= 0.6 is 0 Å².